The molecule has 4 aromatic rings. The van der Waals surface area contributed by atoms with Gasteiger partial charge >= 0.3 is 0 Å². The number of fused-ring (bicyclic) bond motifs is 1. The van der Waals surface area contributed by atoms with Crippen molar-refractivity contribution < 1.29 is 18.7 Å². The zero-order valence-electron chi connectivity index (χ0n) is 16.8. The Morgan fingerprint density at radius 3 is 2.42 bits per heavy atom. The van der Waals surface area contributed by atoms with Gasteiger partial charge in [-0.15, -0.1) is 0 Å². The van der Waals surface area contributed by atoms with Crippen LogP contribution in [0.15, 0.2) is 88.3 Å². The van der Waals surface area contributed by atoms with Crippen molar-refractivity contribution in [2.45, 2.75) is 6.92 Å². The van der Waals surface area contributed by atoms with Crippen molar-refractivity contribution >= 4 is 28.3 Å². The summed E-state index contributed by atoms with van der Waals surface area (Å²) in [6.45, 7) is 1.27. The molecule has 1 aromatic heterocycles. The lowest BCUT2D eigenvalue weighted by molar-refractivity contribution is -0.118. The Morgan fingerprint density at radius 1 is 0.968 bits per heavy atom. The Balaban J connectivity index is 1.45. The summed E-state index contributed by atoms with van der Waals surface area (Å²) in [4.78, 5) is 36.2. The van der Waals surface area contributed by atoms with Gasteiger partial charge in [0.05, 0.1) is 10.9 Å². The van der Waals surface area contributed by atoms with Crippen LogP contribution in [0.2, 0.25) is 0 Å². The summed E-state index contributed by atoms with van der Waals surface area (Å²) in [6.07, 6.45) is 1.43. The van der Waals surface area contributed by atoms with Gasteiger partial charge in [-0.1, -0.05) is 30.3 Å². The SMILES string of the molecule is CC(=O)c1ccc(NC(=O)COc2ccc3c(=O)c(-c4ccccc4)coc3c2)cc1. The maximum absolute atomic E-state index is 12.8. The molecule has 0 unspecified atom stereocenters. The van der Waals surface area contributed by atoms with Crippen LogP contribution in [-0.4, -0.2) is 18.3 Å². The van der Waals surface area contributed by atoms with Crippen molar-refractivity contribution in [2.24, 2.45) is 0 Å². The van der Waals surface area contributed by atoms with Gasteiger partial charge in [-0.25, -0.2) is 0 Å². The molecule has 0 saturated heterocycles. The van der Waals surface area contributed by atoms with E-state index in [0.717, 1.165) is 5.56 Å². The van der Waals surface area contributed by atoms with Gasteiger partial charge in [0.2, 0.25) is 0 Å². The molecule has 0 aliphatic rings. The first kappa shape index (κ1) is 20.1. The summed E-state index contributed by atoms with van der Waals surface area (Å²) >= 11 is 0. The molecule has 6 nitrogen and oxygen atoms in total. The monoisotopic (exact) mass is 413 g/mol. The second kappa shape index (κ2) is 8.67. The molecule has 1 amide bonds. The Hall–Kier alpha value is -4.19. The molecule has 4 rings (SSSR count). The Kier molecular flexibility index (Phi) is 5.62. The first-order valence-corrected chi connectivity index (χ1v) is 9.66. The van der Waals surface area contributed by atoms with Gasteiger partial charge in [0.15, 0.2) is 17.8 Å². The van der Waals surface area contributed by atoms with Crippen LogP contribution in [0.3, 0.4) is 0 Å². The van der Waals surface area contributed by atoms with E-state index in [1.54, 1.807) is 42.5 Å². The van der Waals surface area contributed by atoms with Crippen molar-refractivity contribution in [3.8, 4) is 16.9 Å². The van der Waals surface area contributed by atoms with Gasteiger partial charge in [0.25, 0.3) is 5.91 Å². The normalized spacial score (nSPS) is 10.6. The van der Waals surface area contributed by atoms with Crippen LogP contribution >= 0.6 is 0 Å². The number of anilines is 1. The third-order valence-electron chi connectivity index (χ3n) is 4.78. The highest BCUT2D eigenvalue weighted by molar-refractivity contribution is 5.96. The highest BCUT2D eigenvalue weighted by atomic mass is 16.5. The van der Waals surface area contributed by atoms with E-state index in [1.807, 2.05) is 30.3 Å². The van der Waals surface area contributed by atoms with Crippen molar-refractivity contribution in [1.29, 1.82) is 0 Å². The molecule has 0 fully saturated rings. The third kappa shape index (κ3) is 4.53. The van der Waals surface area contributed by atoms with E-state index in [4.69, 9.17) is 9.15 Å². The van der Waals surface area contributed by atoms with Crippen LogP contribution in [0.5, 0.6) is 5.75 Å². The number of hydrogen-bond acceptors (Lipinski definition) is 5. The average Bonchev–Trinajstić information content (AvgIpc) is 2.79. The minimum absolute atomic E-state index is 0.0416. The lowest BCUT2D eigenvalue weighted by Crippen LogP contribution is -2.20. The van der Waals surface area contributed by atoms with Gasteiger partial charge in [0, 0.05) is 17.3 Å². The second-order valence-corrected chi connectivity index (χ2v) is 6.97. The van der Waals surface area contributed by atoms with Gasteiger partial charge in [-0.3, -0.25) is 14.4 Å². The fourth-order valence-corrected chi connectivity index (χ4v) is 3.15. The van der Waals surface area contributed by atoms with Crippen LogP contribution in [-0.2, 0) is 4.79 Å². The molecule has 3 aromatic carbocycles. The van der Waals surface area contributed by atoms with Crippen molar-refractivity contribution in [3.05, 3.63) is 94.8 Å². The zero-order chi connectivity index (χ0) is 21.8. The number of benzene rings is 3. The van der Waals surface area contributed by atoms with E-state index in [-0.39, 0.29) is 23.7 Å². The first-order valence-electron chi connectivity index (χ1n) is 9.66. The molecule has 154 valence electrons. The smallest absolute Gasteiger partial charge is 0.262 e. The lowest BCUT2D eigenvalue weighted by atomic mass is 10.1. The van der Waals surface area contributed by atoms with Gasteiger partial charge < -0.3 is 14.5 Å². The van der Waals surface area contributed by atoms with Crippen LogP contribution in [0.4, 0.5) is 5.69 Å². The van der Waals surface area contributed by atoms with Crippen LogP contribution in [0.25, 0.3) is 22.1 Å². The maximum Gasteiger partial charge on any atom is 0.262 e. The van der Waals surface area contributed by atoms with Crippen LogP contribution in [0, 0.1) is 0 Å². The van der Waals surface area contributed by atoms with Gasteiger partial charge in [-0.2, -0.15) is 0 Å². The third-order valence-corrected chi connectivity index (χ3v) is 4.78. The molecule has 0 aliphatic carbocycles. The number of hydrogen-bond donors (Lipinski definition) is 1. The molecular weight excluding hydrogens is 394 g/mol. The van der Waals surface area contributed by atoms with E-state index in [9.17, 15) is 14.4 Å². The van der Waals surface area contributed by atoms with E-state index in [0.29, 0.717) is 33.5 Å². The average molecular weight is 413 g/mol. The zero-order valence-corrected chi connectivity index (χ0v) is 16.8. The number of carbonyl (C=O) groups is 2. The highest BCUT2D eigenvalue weighted by Crippen LogP contribution is 2.23. The Morgan fingerprint density at radius 2 is 1.71 bits per heavy atom. The molecule has 0 aliphatic heterocycles. The molecule has 0 spiro atoms. The van der Waals surface area contributed by atoms with Crippen LogP contribution in [0.1, 0.15) is 17.3 Å². The molecule has 31 heavy (non-hydrogen) atoms. The topological polar surface area (TPSA) is 85.6 Å². The molecule has 0 radical (unpaired) electrons. The minimum atomic E-state index is -0.350. The summed E-state index contributed by atoms with van der Waals surface area (Å²) in [5.74, 6) is 0.0155. The predicted molar refractivity (Wildman–Crippen MR) is 118 cm³/mol. The molecular formula is C25H19NO5. The number of ketones is 1. The Bertz CT molecular complexity index is 1310. The van der Waals surface area contributed by atoms with E-state index < -0.39 is 0 Å². The number of Topliss-reactive ketones (excluding diaryl/α,β-unsaturated/α-hetero) is 1. The molecule has 6 heteroatoms. The molecule has 0 saturated carbocycles. The van der Waals surface area contributed by atoms with Gasteiger partial charge in [-0.05, 0) is 48.9 Å². The standard InChI is InChI=1S/C25H19NO5/c1-16(27)17-7-9-19(10-8-17)26-24(28)15-30-20-11-12-21-23(13-20)31-14-22(25(21)29)18-5-3-2-4-6-18/h2-14H,15H2,1H3,(H,26,28). The largest absolute Gasteiger partial charge is 0.484 e. The molecule has 0 atom stereocenters. The summed E-state index contributed by atoms with van der Waals surface area (Å²) < 4.78 is 11.2. The summed E-state index contributed by atoms with van der Waals surface area (Å²) in [5.41, 5.74) is 2.65. The number of nitrogens with one attached hydrogen (secondary N) is 1. The first-order chi connectivity index (χ1) is 15.0. The highest BCUT2D eigenvalue weighted by Gasteiger charge is 2.11. The van der Waals surface area contributed by atoms with Gasteiger partial charge in [0.1, 0.15) is 17.6 Å². The molecule has 1 N–H and O–H groups in total. The number of amides is 1. The minimum Gasteiger partial charge on any atom is -0.484 e. The van der Waals surface area contributed by atoms with Crippen molar-refractivity contribution in [1.82, 2.24) is 0 Å². The Labute approximate surface area is 178 Å². The lowest BCUT2D eigenvalue weighted by Gasteiger charge is -2.09. The number of rotatable bonds is 6. The van der Waals surface area contributed by atoms with E-state index >= 15 is 0 Å². The fourth-order valence-electron chi connectivity index (χ4n) is 3.15. The predicted octanol–water partition coefficient (Wildman–Crippen LogP) is 4.68. The fraction of sp³-hybridized carbons (Fsp3) is 0.0800. The summed E-state index contributed by atoms with van der Waals surface area (Å²) in [5, 5.41) is 3.14. The molecule has 1 heterocycles. The summed E-state index contributed by atoms with van der Waals surface area (Å²) in [7, 11) is 0. The molecule has 0 bridgehead atoms. The summed E-state index contributed by atoms with van der Waals surface area (Å²) in [6, 6.07) is 20.7. The van der Waals surface area contributed by atoms with Crippen molar-refractivity contribution in [3.63, 3.8) is 0 Å². The number of carbonyl (C=O) groups excluding carboxylic acids is 2. The van der Waals surface area contributed by atoms with Crippen molar-refractivity contribution in [2.75, 3.05) is 11.9 Å². The quantitative estimate of drug-likeness (QED) is 0.464. The maximum atomic E-state index is 12.8. The second-order valence-electron chi connectivity index (χ2n) is 6.97. The number of ether oxygens (including phenoxy) is 1. The van der Waals surface area contributed by atoms with Crippen LogP contribution < -0.4 is 15.5 Å². The van der Waals surface area contributed by atoms with E-state index in [2.05, 4.69) is 5.32 Å². The van der Waals surface area contributed by atoms with E-state index in [1.165, 1.54) is 13.2 Å².